The third-order valence-electron chi connectivity index (χ3n) is 2.76. The highest BCUT2D eigenvalue weighted by atomic mass is 16.5. The monoisotopic (exact) mass is 231 g/mol. The Morgan fingerprint density at radius 3 is 2.82 bits per heavy atom. The van der Waals surface area contributed by atoms with Gasteiger partial charge in [-0.15, -0.1) is 0 Å². The van der Waals surface area contributed by atoms with Crippen LogP contribution in [0.25, 0.3) is 0 Å². The van der Waals surface area contributed by atoms with Crippen molar-refractivity contribution in [2.24, 2.45) is 5.73 Å². The summed E-state index contributed by atoms with van der Waals surface area (Å²) in [6.45, 7) is 1.43. The van der Waals surface area contributed by atoms with Crippen LogP contribution in [0.4, 0.5) is 0 Å². The lowest BCUT2D eigenvalue weighted by molar-refractivity contribution is 0.186. The van der Waals surface area contributed by atoms with E-state index >= 15 is 0 Å². The standard InChI is InChI=1S/C13H17N3O/c1-17-8-7-16-10-15-9-12(16)13(14)11-5-3-2-4-6-11/h2-6,9-10,13H,7-8,14H2,1H3. The molecule has 0 bridgehead atoms. The SMILES string of the molecule is COCCn1cncc1C(N)c1ccccc1. The van der Waals surface area contributed by atoms with Gasteiger partial charge in [0.2, 0.25) is 0 Å². The minimum Gasteiger partial charge on any atom is -0.383 e. The lowest BCUT2D eigenvalue weighted by Crippen LogP contribution is -2.17. The van der Waals surface area contributed by atoms with Crippen molar-refractivity contribution in [2.75, 3.05) is 13.7 Å². The molecule has 2 rings (SSSR count). The largest absolute Gasteiger partial charge is 0.383 e. The molecule has 17 heavy (non-hydrogen) atoms. The van der Waals surface area contributed by atoms with Crippen molar-refractivity contribution in [3.8, 4) is 0 Å². The molecular weight excluding hydrogens is 214 g/mol. The fourth-order valence-corrected chi connectivity index (χ4v) is 1.80. The van der Waals surface area contributed by atoms with E-state index in [1.165, 1.54) is 0 Å². The topological polar surface area (TPSA) is 53.1 Å². The highest BCUT2D eigenvalue weighted by Crippen LogP contribution is 2.18. The van der Waals surface area contributed by atoms with Crippen molar-refractivity contribution in [3.63, 3.8) is 0 Å². The van der Waals surface area contributed by atoms with E-state index in [1.54, 1.807) is 13.4 Å². The van der Waals surface area contributed by atoms with Crippen LogP contribution in [0.2, 0.25) is 0 Å². The summed E-state index contributed by atoms with van der Waals surface area (Å²) in [5, 5.41) is 0. The lowest BCUT2D eigenvalue weighted by atomic mass is 10.1. The van der Waals surface area contributed by atoms with E-state index in [2.05, 4.69) is 4.98 Å². The first kappa shape index (κ1) is 11.8. The molecule has 1 atom stereocenters. The van der Waals surface area contributed by atoms with Crippen LogP contribution in [-0.4, -0.2) is 23.3 Å². The van der Waals surface area contributed by atoms with Gasteiger partial charge in [0.1, 0.15) is 0 Å². The number of hydrogen-bond acceptors (Lipinski definition) is 3. The molecule has 0 aliphatic carbocycles. The summed E-state index contributed by atoms with van der Waals surface area (Å²) in [7, 11) is 1.69. The number of imidazole rings is 1. The van der Waals surface area contributed by atoms with E-state index in [0.717, 1.165) is 17.8 Å². The Morgan fingerprint density at radius 2 is 2.12 bits per heavy atom. The molecule has 1 unspecified atom stereocenters. The predicted octanol–water partition coefficient (Wildman–Crippen LogP) is 1.58. The number of nitrogens with zero attached hydrogens (tertiary/aromatic N) is 2. The summed E-state index contributed by atoms with van der Waals surface area (Å²) in [6.07, 6.45) is 3.60. The van der Waals surface area contributed by atoms with Crippen LogP contribution in [0, 0.1) is 0 Å². The molecule has 4 heteroatoms. The smallest absolute Gasteiger partial charge is 0.0949 e. The van der Waals surface area contributed by atoms with Crippen LogP contribution >= 0.6 is 0 Å². The summed E-state index contributed by atoms with van der Waals surface area (Å²) in [5.74, 6) is 0. The van der Waals surface area contributed by atoms with Gasteiger partial charge < -0.3 is 15.0 Å². The summed E-state index contributed by atoms with van der Waals surface area (Å²) in [4.78, 5) is 4.15. The van der Waals surface area contributed by atoms with Gasteiger partial charge in [-0.2, -0.15) is 0 Å². The van der Waals surface area contributed by atoms with Crippen LogP contribution in [0.15, 0.2) is 42.9 Å². The second-order valence-corrected chi connectivity index (χ2v) is 3.89. The van der Waals surface area contributed by atoms with Gasteiger partial charge in [-0.3, -0.25) is 0 Å². The molecule has 0 amide bonds. The molecule has 0 aliphatic heterocycles. The van der Waals surface area contributed by atoms with Crippen molar-refractivity contribution < 1.29 is 4.74 Å². The average molecular weight is 231 g/mol. The van der Waals surface area contributed by atoms with Crippen molar-refractivity contribution >= 4 is 0 Å². The third kappa shape index (κ3) is 2.72. The average Bonchev–Trinajstić information content (AvgIpc) is 2.84. The van der Waals surface area contributed by atoms with Gasteiger partial charge in [0.25, 0.3) is 0 Å². The summed E-state index contributed by atoms with van der Waals surface area (Å²) in [6, 6.07) is 9.88. The van der Waals surface area contributed by atoms with Gasteiger partial charge >= 0.3 is 0 Å². The molecule has 0 fully saturated rings. The number of aromatic nitrogens is 2. The maximum Gasteiger partial charge on any atom is 0.0949 e. The van der Waals surface area contributed by atoms with E-state index in [4.69, 9.17) is 10.5 Å². The first-order valence-electron chi connectivity index (χ1n) is 5.62. The molecule has 1 heterocycles. The number of ether oxygens (including phenoxy) is 1. The van der Waals surface area contributed by atoms with Crippen molar-refractivity contribution in [3.05, 3.63) is 54.1 Å². The number of methoxy groups -OCH3 is 1. The van der Waals surface area contributed by atoms with Gasteiger partial charge in [0.15, 0.2) is 0 Å². The second kappa shape index (κ2) is 5.61. The molecule has 0 aliphatic rings. The number of hydrogen-bond donors (Lipinski definition) is 1. The molecule has 2 aromatic rings. The Morgan fingerprint density at radius 1 is 1.35 bits per heavy atom. The summed E-state index contributed by atoms with van der Waals surface area (Å²) in [5.41, 5.74) is 8.33. The molecule has 0 saturated heterocycles. The van der Waals surface area contributed by atoms with Gasteiger partial charge in [0.05, 0.1) is 30.9 Å². The lowest BCUT2D eigenvalue weighted by Gasteiger charge is -2.14. The molecule has 4 nitrogen and oxygen atoms in total. The Hall–Kier alpha value is -1.65. The fourth-order valence-electron chi connectivity index (χ4n) is 1.80. The van der Waals surface area contributed by atoms with Crippen molar-refractivity contribution in [1.29, 1.82) is 0 Å². The highest BCUT2D eigenvalue weighted by molar-refractivity contribution is 5.26. The molecule has 0 radical (unpaired) electrons. The maximum atomic E-state index is 6.23. The zero-order valence-electron chi connectivity index (χ0n) is 9.91. The Labute approximate surface area is 101 Å². The highest BCUT2D eigenvalue weighted by Gasteiger charge is 2.12. The van der Waals surface area contributed by atoms with Crippen LogP contribution in [0.5, 0.6) is 0 Å². The zero-order valence-corrected chi connectivity index (χ0v) is 9.91. The maximum absolute atomic E-state index is 6.23. The predicted molar refractivity (Wildman–Crippen MR) is 66.6 cm³/mol. The first-order valence-corrected chi connectivity index (χ1v) is 5.62. The Kier molecular flexibility index (Phi) is 3.90. The van der Waals surface area contributed by atoms with E-state index < -0.39 is 0 Å². The van der Waals surface area contributed by atoms with Crippen molar-refractivity contribution in [1.82, 2.24) is 9.55 Å². The van der Waals surface area contributed by atoms with E-state index in [0.29, 0.717) is 6.61 Å². The second-order valence-electron chi connectivity index (χ2n) is 3.89. The number of rotatable bonds is 5. The molecule has 90 valence electrons. The number of benzene rings is 1. The zero-order chi connectivity index (χ0) is 12.1. The first-order chi connectivity index (χ1) is 8.33. The van der Waals surface area contributed by atoms with E-state index in [1.807, 2.05) is 41.1 Å². The quantitative estimate of drug-likeness (QED) is 0.850. The minimum absolute atomic E-state index is 0.143. The minimum atomic E-state index is -0.143. The molecular formula is C13H17N3O. The van der Waals surface area contributed by atoms with E-state index in [9.17, 15) is 0 Å². The molecule has 0 spiro atoms. The molecule has 0 saturated carbocycles. The van der Waals surface area contributed by atoms with Gasteiger partial charge in [-0.05, 0) is 5.56 Å². The normalized spacial score (nSPS) is 12.6. The summed E-state index contributed by atoms with van der Waals surface area (Å²) >= 11 is 0. The van der Waals surface area contributed by atoms with Crippen LogP contribution in [-0.2, 0) is 11.3 Å². The van der Waals surface area contributed by atoms with Crippen LogP contribution in [0.3, 0.4) is 0 Å². The van der Waals surface area contributed by atoms with Crippen LogP contribution in [0.1, 0.15) is 17.3 Å². The fraction of sp³-hybridized carbons (Fsp3) is 0.308. The molecule has 1 aromatic carbocycles. The summed E-state index contributed by atoms with van der Waals surface area (Å²) < 4.78 is 7.10. The third-order valence-corrected chi connectivity index (χ3v) is 2.76. The van der Waals surface area contributed by atoms with Gasteiger partial charge in [-0.25, -0.2) is 4.98 Å². The van der Waals surface area contributed by atoms with E-state index in [-0.39, 0.29) is 6.04 Å². The molecule has 2 N–H and O–H groups in total. The molecule has 1 aromatic heterocycles. The Balaban J connectivity index is 2.19. The van der Waals surface area contributed by atoms with Gasteiger partial charge in [-0.1, -0.05) is 30.3 Å². The number of nitrogens with two attached hydrogens (primary N) is 1. The van der Waals surface area contributed by atoms with Crippen molar-refractivity contribution in [2.45, 2.75) is 12.6 Å². The Bertz CT molecular complexity index is 453. The van der Waals surface area contributed by atoms with Gasteiger partial charge in [0, 0.05) is 13.7 Å². The van der Waals surface area contributed by atoms with Crippen LogP contribution < -0.4 is 5.73 Å².